The molecule has 5 heteroatoms. The first-order valence-corrected chi connectivity index (χ1v) is 7.83. The summed E-state index contributed by atoms with van der Waals surface area (Å²) in [7, 11) is 0. The topological polar surface area (TPSA) is 23.8 Å². The van der Waals surface area contributed by atoms with Crippen LogP contribution < -0.4 is 0 Å². The molecule has 0 amide bonds. The highest BCUT2D eigenvalue weighted by Crippen LogP contribution is 2.38. The maximum absolute atomic E-state index is 12.7. The monoisotopic (exact) mass is 325 g/mol. The molecule has 1 nitrogen and oxygen atoms in total. The fourth-order valence-electron chi connectivity index (χ4n) is 3.22. The Labute approximate surface area is 133 Å². The average molecular weight is 325 g/mol. The molecule has 0 aromatic heterocycles. The zero-order valence-corrected chi connectivity index (χ0v) is 12.7. The zero-order chi connectivity index (χ0) is 16.9. The third-order valence-corrected chi connectivity index (χ3v) is 4.56. The van der Waals surface area contributed by atoms with E-state index in [1.807, 2.05) is 0 Å². The number of nitriles is 1. The second-order valence-electron chi connectivity index (χ2n) is 6.08. The number of hydrogen-bond donors (Lipinski definition) is 0. The van der Waals surface area contributed by atoms with Crippen LogP contribution in [0.15, 0.2) is 36.2 Å². The molecule has 0 unspecified atom stereocenters. The predicted molar refractivity (Wildman–Crippen MR) is 80.2 cm³/mol. The fraction of sp³-hybridized carbons (Fsp3) is 0.500. The normalized spacial score (nSPS) is 22.7. The van der Waals surface area contributed by atoms with Crippen LogP contribution in [-0.4, -0.2) is 0 Å². The van der Waals surface area contributed by atoms with Gasteiger partial charge in [0, 0.05) is 0 Å². The molecule has 0 atom stereocenters. The first-order valence-electron chi connectivity index (χ1n) is 7.83. The van der Waals surface area contributed by atoms with Crippen molar-refractivity contribution < 1.29 is 17.6 Å². The summed E-state index contributed by atoms with van der Waals surface area (Å²) in [5.74, 6) is 0.0757. The average Bonchev–Trinajstić information content (AvgIpc) is 2.54. The van der Waals surface area contributed by atoms with Crippen molar-refractivity contribution in [3.8, 4) is 6.07 Å². The van der Waals surface area contributed by atoms with Gasteiger partial charge in [0.05, 0.1) is 5.56 Å². The molecule has 1 saturated carbocycles. The molecular weight excluding hydrogens is 306 g/mol. The lowest BCUT2D eigenvalue weighted by Gasteiger charge is -2.28. The third-order valence-electron chi connectivity index (χ3n) is 4.56. The van der Waals surface area contributed by atoms with Crippen molar-refractivity contribution in [3.05, 3.63) is 47.3 Å². The molecule has 23 heavy (non-hydrogen) atoms. The largest absolute Gasteiger partial charge is 0.416 e. The summed E-state index contributed by atoms with van der Waals surface area (Å²) in [6.45, 7) is 0. The van der Waals surface area contributed by atoms with Crippen molar-refractivity contribution >= 4 is 0 Å². The second-order valence-corrected chi connectivity index (χ2v) is 6.08. The highest BCUT2D eigenvalue weighted by atomic mass is 19.4. The minimum atomic E-state index is -4.29. The molecule has 2 rings (SSSR count). The molecular formula is C18H19F4N. The van der Waals surface area contributed by atoms with Crippen LogP contribution in [0.1, 0.15) is 55.6 Å². The highest BCUT2D eigenvalue weighted by Gasteiger charge is 2.30. The Morgan fingerprint density at radius 2 is 1.74 bits per heavy atom. The lowest BCUT2D eigenvalue weighted by Crippen LogP contribution is -2.13. The number of rotatable bonds is 4. The SMILES string of the molecule is N#C/C(F)=C/CCC1CCC(c2ccc(C(F)(F)F)cc2)CC1. The Morgan fingerprint density at radius 1 is 1.13 bits per heavy atom. The Morgan fingerprint density at radius 3 is 2.26 bits per heavy atom. The van der Waals surface area contributed by atoms with E-state index < -0.39 is 17.6 Å². The van der Waals surface area contributed by atoms with Gasteiger partial charge in [-0.3, -0.25) is 0 Å². The summed E-state index contributed by atoms with van der Waals surface area (Å²) >= 11 is 0. The van der Waals surface area contributed by atoms with Crippen molar-refractivity contribution in [1.82, 2.24) is 0 Å². The third kappa shape index (κ3) is 5.09. The van der Waals surface area contributed by atoms with Crippen LogP contribution >= 0.6 is 0 Å². The first kappa shape index (κ1) is 17.5. The van der Waals surface area contributed by atoms with Crippen LogP contribution in [0.4, 0.5) is 17.6 Å². The van der Waals surface area contributed by atoms with E-state index in [0.717, 1.165) is 49.8 Å². The van der Waals surface area contributed by atoms with E-state index in [-0.39, 0.29) is 0 Å². The Kier molecular flexibility index (Phi) is 5.81. The molecule has 0 bridgehead atoms. The lowest BCUT2D eigenvalue weighted by molar-refractivity contribution is -0.137. The van der Waals surface area contributed by atoms with Gasteiger partial charge >= 0.3 is 6.18 Å². The van der Waals surface area contributed by atoms with Crippen LogP contribution in [0.5, 0.6) is 0 Å². The molecule has 0 spiro atoms. The van der Waals surface area contributed by atoms with Gasteiger partial charge in [0.2, 0.25) is 0 Å². The minimum Gasteiger partial charge on any atom is -0.195 e. The molecule has 0 radical (unpaired) electrons. The van der Waals surface area contributed by atoms with E-state index in [1.54, 1.807) is 12.1 Å². The predicted octanol–water partition coefficient (Wildman–Crippen LogP) is 6.14. The van der Waals surface area contributed by atoms with Gasteiger partial charge in [0.1, 0.15) is 6.07 Å². The van der Waals surface area contributed by atoms with E-state index >= 15 is 0 Å². The van der Waals surface area contributed by atoms with Crippen LogP contribution in [0.3, 0.4) is 0 Å². The van der Waals surface area contributed by atoms with Crippen molar-refractivity contribution in [1.29, 1.82) is 5.26 Å². The molecule has 1 aromatic rings. The van der Waals surface area contributed by atoms with Crippen molar-refractivity contribution in [3.63, 3.8) is 0 Å². The summed E-state index contributed by atoms with van der Waals surface area (Å²) in [5.41, 5.74) is 0.355. The molecule has 124 valence electrons. The van der Waals surface area contributed by atoms with E-state index in [4.69, 9.17) is 5.26 Å². The highest BCUT2D eigenvalue weighted by molar-refractivity contribution is 5.27. The molecule has 1 fully saturated rings. The van der Waals surface area contributed by atoms with E-state index in [9.17, 15) is 17.6 Å². The van der Waals surface area contributed by atoms with Crippen LogP contribution in [0, 0.1) is 17.2 Å². The molecule has 1 aromatic carbocycles. The molecule has 1 aliphatic rings. The van der Waals surface area contributed by atoms with Gasteiger partial charge in [-0.05, 0) is 74.1 Å². The van der Waals surface area contributed by atoms with Gasteiger partial charge in [-0.15, -0.1) is 0 Å². The molecule has 0 aliphatic heterocycles. The van der Waals surface area contributed by atoms with Crippen LogP contribution in [0.25, 0.3) is 0 Å². The fourth-order valence-corrected chi connectivity index (χ4v) is 3.22. The molecule has 1 aliphatic carbocycles. The smallest absolute Gasteiger partial charge is 0.195 e. The number of hydrogen-bond acceptors (Lipinski definition) is 1. The number of benzene rings is 1. The van der Waals surface area contributed by atoms with Gasteiger partial charge in [-0.2, -0.15) is 22.8 Å². The lowest BCUT2D eigenvalue weighted by atomic mass is 9.77. The number of halogens is 4. The first-order chi connectivity index (χ1) is 10.9. The van der Waals surface area contributed by atoms with Gasteiger partial charge in [0.15, 0.2) is 5.83 Å². The second kappa shape index (κ2) is 7.63. The summed E-state index contributed by atoms with van der Waals surface area (Å²) < 4.78 is 50.4. The summed E-state index contributed by atoms with van der Waals surface area (Å²) in [5, 5.41) is 8.34. The van der Waals surface area contributed by atoms with Gasteiger partial charge in [-0.1, -0.05) is 12.1 Å². The van der Waals surface area contributed by atoms with Crippen LogP contribution in [-0.2, 0) is 6.18 Å². The van der Waals surface area contributed by atoms with Gasteiger partial charge in [0.25, 0.3) is 0 Å². The van der Waals surface area contributed by atoms with E-state index in [2.05, 4.69) is 0 Å². The summed E-state index contributed by atoms with van der Waals surface area (Å²) in [6, 6.07) is 6.92. The standard InChI is InChI=1S/C18H19F4N/c19-17(12-23)3-1-2-13-4-6-14(7-5-13)15-8-10-16(11-9-15)18(20,21)22/h3,8-11,13-14H,1-2,4-7H2/b17-3-. The Bertz CT molecular complexity index is 573. The Balaban J connectivity index is 1.84. The van der Waals surface area contributed by atoms with E-state index in [1.165, 1.54) is 12.1 Å². The minimum absolute atomic E-state index is 0.305. The van der Waals surface area contributed by atoms with Gasteiger partial charge in [-0.25, -0.2) is 0 Å². The summed E-state index contributed by atoms with van der Waals surface area (Å²) in [6.07, 6.45) is 2.33. The van der Waals surface area contributed by atoms with Gasteiger partial charge < -0.3 is 0 Å². The number of nitrogens with zero attached hydrogens (tertiary/aromatic N) is 1. The van der Waals surface area contributed by atoms with Crippen molar-refractivity contribution in [2.24, 2.45) is 5.92 Å². The molecule has 0 N–H and O–H groups in total. The van der Waals surface area contributed by atoms with Crippen molar-refractivity contribution in [2.75, 3.05) is 0 Å². The molecule has 0 saturated heterocycles. The Hall–Kier alpha value is -1.83. The zero-order valence-electron chi connectivity index (χ0n) is 12.7. The van der Waals surface area contributed by atoms with Crippen molar-refractivity contribution in [2.45, 2.75) is 50.6 Å². The quantitative estimate of drug-likeness (QED) is 0.482. The maximum Gasteiger partial charge on any atom is 0.416 e. The van der Waals surface area contributed by atoms with E-state index in [0.29, 0.717) is 18.3 Å². The van der Waals surface area contributed by atoms with Crippen LogP contribution in [0.2, 0.25) is 0 Å². The maximum atomic E-state index is 12.7. The summed E-state index contributed by atoms with van der Waals surface area (Å²) in [4.78, 5) is 0. The number of allylic oxidation sites excluding steroid dienone is 2. The molecule has 0 heterocycles. The number of alkyl halides is 3.